The summed E-state index contributed by atoms with van der Waals surface area (Å²) in [5.41, 5.74) is 6.62. The number of thiophene rings is 1. The van der Waals surface area contributed by atoms with E-state index in [9.17, 15) is 4.79 Å². The number of hydrogen-bond donors (Lipinski definition) is 2. The van der Waals surface area contributed by atoms with Gasteiger partial charge in [0.1, 0.15) is 11.3 Å². The molecule has 0 aromatic carbocycles. The largest absolute Gasteiger partial charge is 0.367 e. The van der Waals surface area contributed by atoms with Gasteiger partial charge in [-0.1, -0.05) is 12.1 Å². The van der Waals surface area contributed by atoms with Gasteiger partial charge >= 0.3 is 0 Å². The van der Waals surface area contributed by atoms with Gasteiger partial charge in [-0.15, -0.1) is 11.3 Å². The molecular weight excluding hydrogens is 306 g/mol. The number of carbonyl (C=O) groups is 1. The van der Waals surface area contributed by atoms with Crippen molar-refractivity contribution >= 4 is 34.9 Å². The van der Waals surface area contributed by atoms with Gasteiger partial charge < -0.3 is 15.6 Å². The number of thioether (sulfide) groups is 1. The number of hydrogen-bond acceptors (Lipinski definition) is 6. The second kappa shape index (κ2) is 7.51. The van der Waals surface area contributed by atoms with Crippen molar-refractivity contribution in [1.29, 1.82) is 0 Å². The fourth-order valence-electron chi connectivity index (χ4n) is 1.89. The highest BCUT2D eigenvalue weighted by molar-refractivity contribution is 7.98. The maximum absolute atomic E-state index is 12.3. The van der Waals surface area contributed by atoms with Gasteiger partial charge in [0.2, 0.25) is 5.88 Å². The third kappa shape index (κ3) is 3.79. The lowest BCUT2D eigenvalue weighted by Gasteiger charge is -2.04. The highest BCUT2D eigenvalue weighted by Crippen LogP contribution is 2.32. The molecule has 0 saturated carbocycles. The topological polar surface area (TPSA) is 81.2 Å². The highest BCUT2D eigenvalue weighted by Gasteiger charge is 2.23. The van der Waals surface area contributed by atoms with Gasteiger partial charge in [0.05, 0.1) is 4.88 Å². The Bertz CT molecular complexity index is 607. The second-order valence-corrected chi connectivity index (χ2v) is 6.65. The van der Waals surface area contributed by atoms with Gasteiger partial charge in [-0.25, -0.2) is 0 Å². The van der Waals surface area contributed by atoms with E-state index in [-0.39, 0.29) is 11.8 Å². The van der Waals surface area contributed by atoms with Gasteiger partial charge in [-0.05, 0) is 37.0 Å². The van der Waals surface area contributed by atoms with Crippen molar-refractivity contribution in [3.63, 3.8) is 0 Å². The van der Waals surface area contributed by atoms with Crippen molar-refractivity contribution < 1.29 is 9.32 Å². The molecule has 0 atom stereocenters. The van der Waals surface area contributed by atoms with E-state index in [1.54, 1.807) is 23.1 Å². The lowest BCUT2D eigenvalue weighted by Crippen LogP contribution is -2.25. The average molecular weight is 325 g/mol. The summed E-state index contributed by atoms with van der Waals surface area (Å²) in [5.74, 6) is 0.854. The van der Waals surface area contributed by atoms with Crippen LogP contribution in [0.2, 0.25) is 0 Å². The van der Waals surface area contributed by atoms with Crippen LogP contribution in [0, 0.1) is 0 Å². The Morgan fingerprint density at radius 2 is 2.33 bits per heavy atom. The van der Waals surface area contributed by atoms with Crippen molar-refractivity contribution in [2.45, 2.75) is 19.8 Å². The first-order chi connectivity index (χ1) is 10.2. The smallest absolute Gasteiger partial charge is 0.259 e. The molecule has 0 fully saturated rings. The van der Waals surface area contributed by atoms with Crippen molar-refractivity contribution in [1.82, 2.24) is 10.5 Å². The summed E-state index contributed by atoms with van der Waals surface area (Å²) in [6.07, 6.45) is 3.92. The predicted molar refractivity (Wildman–Crippen MR) is 88.9 cm³/mol. The molecule has 7 heteroatoms. The molecule has 2 aromatic rings. The van der Waals surface area contributed by atoms with Crippen LogP contribution in [0.15, 0.2) is 16.7 Å². The number of nitrogens with zero attached hydrogens (tertiary/aromatic N) is 1. The molecule has 1 amide bonds. The van der Waals surface area contributed by atoms with E-state index in [4.69, 9.17) is 10.3 Å². The van der Waals surface area contributed by atoms with E-state index < -0.39 is 0 Å². The monoisotopic (exact) mass is 325 g/mol. The Morgan fingerprint density at radius 1 is 1.52 bits per heavy atom. The Balaban J connectivity index is 2.15. The summed E-state index contributed by atoms with van der Waals surface area (Å²) in [6.45, 7) is 2.71. The van der Waals surface area contributed by atoms with E-state index in [1.165, 1.54) is 4.88 Å². The molecule has 2 aromatic heterocycles. The van der Waals surface area contributed by atoms with Crippen LogP contribution in [0.25, 0.3) is 10.6 Å². The number of aromatic nitrogens is 1. The summed E-state index contributed by atoms with van der Waals surface area (Å²) in [7, 11) is 0. The summed E-state index contributed by atoms with van der Waals surface area (Å²) in [6, 6.07) is 3.98. The van der Waals surface area contributed by atoms with Crippen molar-refractivity contribution in [3.8, 4) is 10.6 Å². The Labute approximate surface area is 132 Å². The van der Waals surface area contributed by atoms with E-state index in [2.05, 4.69) is 17.4 Å². The van der Waals surface area contributed by atoms with Crippen LogP contribution in [-0.4, -0.2) is 29.6 Å². The number of amides is 1. The molecular formula is C14H19N3O2S2. The summed E-state index contributed by atoms with van der Waals surface area (Å²) in [5, 5.41) is 6.81. The molecule has 0 aliphatic rings. The summed E-state index contributed by atoms with van der Waals surface area (Å²) >= 11 is 3.36. The lowest BCUT2D eigenvalue weighted by atomic mass is 10.2. The normalized spacial score (nSPS) is 10.8. The number of rotatable bonds is 7. The SMILES string of the molecule is CCc1ccc(-c2noc(N)c2C(=O)NCCCSC)s1. The molecule has 0 unspecified atom stereocenters. The van der Waals surface area contributed by atoms with Crippen LogP contribution in [0.3, 0.4) is 0 Å². The molecule has 0 spiro atoms. The molecule has 0 saturated heterocycles. The molecule has 5 nitrogen and oxygen atoms in total. The van der Waals surface area contributed by atoms with Crippen LogP contribution in [0.1, 0.15) is 28.6 Å². The predicted octanol–water partition coefficient (Wildman–Crippen LogP) is 3.03. The minimum atomic E-state index is -0.226. The molecule has 21 heavy (non-hydrogen) atoms. The summed E-state index contributed by atoms with van der Waals surface area (Å²) in [4.78, 5) is 14.4. The molecule has 0 radical (unpaired) electrons. The van der Waals surface area contributed by atoms with Crippen molar-refractivity contribution in [2.24, 2.45) is 0 Å². The van der Waals surface area contributed by atoms with Crippen LogP contribution in [-0.2, 0) is 6.42 Å². The zero-order chi connectivity index (χ0) is 15.2. The van der Waals surface area contributed by atoms with Crippen LogP contribution in [0.4, 0.5) is 5.88 Å². The zero-order valence-electron chi connectivity index (χ0n) is 12.1. The van der Waals surface area contributed by atoms with Gasteiger partial charge in [0.25, 0.3) is 5.91 Å². The third-order valence-electron chi connectivity index (χ3n) is 3.00. The first-order valence-corrected chi connectivity index (χ1v) is 8.99. The average Bonchev–Trinajstić information content (AvgIpc) is 3.09. The zero-order valence-corrected chi connectivity index (χ0v) is 13.8. The van der Waals surface area contributed by atoms with Crippen molar-refractivity contribution in [2.75, 3.05) is 24.3 Å². The quantitative estimate of drug-likeness (QED) is 0.765. The maximum atomic E-state index is 12.3. The molecule has 0 aliphatic heterocycles. The van der Waals surface area contributed by atoms with Crippen LogP contribution >= 0.6 is 23.1 Å². The molecule has 114 valence electrons. The van der Waals surface area contributed by atoms with Gasteiger partial charge in [-0.3, -0.25) is 4.79 Å². The highest BCUT2D eigenvalue weighted by atomic mass is 32.2. The number of aryl methyl sites for hydroxylation is 1. The molecule has 2 rings (SSSR count). The first-order valence-electron chi connectivity index (χ1n) is 6.78. The lowest BCUT2D eigenvalue weighted by molar-refractivity contribution is 0.0955. The van der Waals surface area contributed by atoms with Gasteiger partial charge in [0.15, 0.2) is 0 Å². The standard InChI is InChI=1S/C14H19N3O2S2/c1-3-9-5-6-10(21-9)12-11(13(15)19-17-12)14(18)16-7-4-8-20-2/h5-6H,3-4,7-8,15H2,1-2H3,(H,16,18). The number of nitrogens with one attached hydrogen (secondary N) is 1. The van der Waals surface area contributed by atoms with E-state index in [1.807, 2.05) is 18.4 Å². The van der Waals surface area contributed by atoms with Crippen LogP contribution < -0.4 is 11.1 Å². The van der Waals surface area contributed by atoms with E-state index in [0.717, 1.165) is 23.5 Å². The molecule has 0 aliphatic carbocycles. The number of anilines is 1. The number of nitrogen functional groups attached to an aromatic ring is 1. The van der Waals surface area contributed by atoms with Gasteiger partial charge in [-0.2, -0.15) is 11.8 Å². The molecule has 2 heterocycles. The summed E-state index contributed by atoms with van der Waals surface area (Å²) < 4.78 is 5.01. The second-order valence-electron chi connectivity index (χ2n) is 4.49. The Hall–Kier alpha value is -1.47. The maximum Gasteiger partial charge on any atom is 0.259 e. The number of nitrogens with two attached hydrogens (primary N) is 1. The third-order valence-corrected chi connectivity index (χ3v) is 4.93. The first kappa shape index (κ1) is 15.9. The fourth-order valence-corrected chi connectivity index (χ4v) is 3.26. The Morgan fingerprint density at radius 3 is 3.00 bits per heavy atom. The number of carbonyl (C=O) groups excluding carboxylic acids is 1. The Kier molecular flexibility index (Phi) is 5.69. The van der Waals surface area contributed by atoms with Crippen LogP contribution in [0.5, 0.6) is 0 Å². The van der Waals surface area contributed by atoms with E-state index >= 15 is 0 Å². The fraction of sp³-hybridized carbons (Fsp3) is 0.429. The van der Waals surface area contributed by atoms with Crippen molar-refractivity contribution in [3.05, 3.63) is 22.6 Å². The van der Waals surface area contributed by atoms with E-state index in [0.29, 0.717) is 17.8 Å². The molecule has 3 N–H and O–H groups in total. The minimum Gasteiger partial charge on any atom is -0.367 e. The molecule has 0 bridgehead atoms. The van der Waals surface area contributed by atoms with Gasteiger partial charge in [0, 0.05) is 11.4 Å². The minimum absolute atomic E-state index is 0.0683.